The van der Waals surface area contributed by atoms with Crippen molar-refractivity contribution in [2.45, 2.75) is 64.8 Å². The molecule has 0 aromatic rings. The highest BCUT2D eigenvalue weighted by Crippen LogP contribution is 1.72. The van der Waals surface area contributed by atoms with Crippen molar-refractivity contribution in [3.8, 4) is 0 Å². The molecule has 11 nitrogen and oxygen atoms in total. The average Bonchev–Trinajstić information content (AvgIpc) is 2.62. The van der Waals surface area contributed by atoms with Crippen LogP contribution in [0.4, 0.5) is 4.79 Å². The fraction of sp³-hybridized carbons (Fsp3) is 0.773. The maximum absolute atomic E-state index is 10.1. The smallest absolute Gasteiger partial charge is 0.469 e. The lowest BCUT2D eigenvalue weighted by atomic mass is 10.7. The highest BCUT2D eigenvalue weighted by molar-refractivity contribution is 5.72. The summed E-state index contributed by atoms with van der Waals surface area (Å²) in [6, 6.07) is 0. The van der Waals surface area contributed by atoms with Gasteiger partial charge in [0.25, 0.3) is 0 Å². The zero-order valence-electron chi connectivity index (χ0n) is 19.1. The lowest BCUT2D eigenvalue weighted by Gasteiger charge is -2.02. The number of esters is 2. The van der Waals surface area contributed by atoms with Crippen LogP contribution < -0.4 is 0 Å². The summed E-state index contributed by atoms with van der Waals surface area (Å²) in [5, 5.41) is 0. The summed E-state index contributed by atoms with van der Waals surface area (Å²) in [4.78, 5) is 52.1. The lowest BCUT2D eigenvalue weighted by Crippen LogP contribution is -2.17. The van der Waals surface area contributed by atoms with Crippen LogP contribution in [-0.4, -0.2) is 96.3 Å². The summed E-state index contributed by atoms with van der Waals surface area (Å²) in [7, 11) is 12.1. The minimum absolute atomic E-state index is 0. The molecule has 33 heavy (non-hydrogen) atoms. The number of hydrogen-bond donors (Lipinski definition) is 0. The van der Waals surface area contributed by atoms with Crippen molar-refractivity contribution < 1.29 is 42.9 Å². The van der Waals surface area contributed by atoms with E-state index >= 15 is 0 Å². The van der Waals surface area contributed by atoms with Crippen LogP contribution in [0.25, 0.3) is 0 Å². The van der Waals surface area contributed by atoms with Crippen molar-refractivity contribution in [1.29, 1.82) is 0 Å². The summed E-state index contributed by atoms with van der Waals surface area (Å²) in [5.74, 6) is -0.306. The predicted octanol–water partition coefficient (Wildman–Crippen LogP) is 4.13. The molecule has 11 heteroatoms. The first-order valence-corrected chi connectivity index (χ1v) is 7.71. The van der Waals surface area contributed by atoms with Crippen molar-refractivity contribution in [3.05, 3.63) is 0 Å². The molecule has 0 unspecified atom stereocenters. The van der Waals surface area contributed by atoms with E-state index in [1.807, 2.05) is 0 Å². The first-order valence-electron chi connectivity index (χ1n) is 7.71. The van der Waals surface area contributed by atoms with E-state index in [4.69, 9.17) is 0 Å². The molecule has 0 spiro atoms. The van der Waals surface area contributed by atoms with Gasteiger partial charge in [0, 0.05) is 55.9 Å². The molecule has 0 bridgehead atoms. The number of carbonyl (C=O) groups is 5. The van der Waals surface area contributed by atoms with E-state index in [2.05, 4.69) is 18.9 Å². The predicted molar refractivity (Wildman–Crippen MR) is 137 cm³/mol. The van der Waals surface area contributed by atoms with Crippen LogP contribution in [0.5, 0.6) is 0 Å². The summed E-state index contributed by atoms with van der Waals surface area (Å²) >= 11 is 0. The van der Waals surface area contributed by atoms with E-state index in [1.165, 1.54) is 65.9 Å². The maximum Gasteiger partial charge on any atom is 0.507 e. The highest BCUT2D eigenvalue weighted by atomic mass is 16.7. The minimum Gasteiger partial charge on any atom is -0.469 e. The molecule has 2 amide bonds. The Bertz CT molecular complexity index is 399. The summed E-state index contributed by atoms with van der Waals surface area (Å²) in [6.45, 7) is 5.78. The second-order valence-electron chi connectivity index (χ2n) is 4.88. The van der Waals surface area contributed by atoms with Gasteiger partial charge < -0.3 is 28.7 Å². The lowest BCUT2D eigenvalue weighted by molar-refractivity contribution is -0.138. The molecule has 0 aromatic heterocycles. The first kappa shape index (κ1) is 63.1. The maximum atomic E-state index is 10.1. The molecule has 0 rings (SSSR count). The Morgan fingerprint density at radius 1 is 0.455 bits per heavy atom. The molecule has 0 fully saturated rings. The van der Waals surface area contributed by atoms with Crippen molar-refractivity contribution in [1.82, 2.24) is 9.80 Å². The fourth-order valence-corrected chi connectivity index (χ4v) is 0.0833. The molecule has 0 aliphatic carbocycles. The third-order valence-corrected chi connectivity index (χ3v) is 2.17. The van der Waals surface area contributed by atoms with Crippen molar-refractivity contribution >= 4 is 29.9 Å². The summed E-state index contributed by atoms with van der Waals surface area (Å²) < 4.78 is 16.3. The van der Waals surface area contributed by atoms with Gasteiger partial charge in [-0.3, -0.25) is 19.2 Å². The average molecular weight is 493 g/mol. The van der Waals surface area contributed by atoms with Crippen LogP contribution in [0.3, 0.4) is 0 Å². The van der Waals surface area contributed by atoms with Crippen LogP contribution in [0.2, 0.25) is 0 Å². The Kier molecular flexibility index (Phi) is 90.0. The van der Waals surface area contributed by atoms with Crippen LogP contribution in [0.1, 0.15) is 64.8 Å². The van der Waals surface area contributed by atoms with E-state index in [-0.39, 0.29) is 60.9 Å². The molecule has 208 valence electrons. The number of amides is 2. The number of rotatable bonds is 0. The van der Waals surface area contributed by atoms with Gasteiger partial charge >= 0.3 is 18.1 Å². The second kappa shape index (κ2) is 47.1. The van der Waals surface area contributed by atoms with Gasteiger partial charge in [0.2, 0.25) is 11.8 Å². The highest BCUT2D eigenvalue weighted by Gasteiger charge is 1.89. The SMILES string of the molecule is C.C.C.C.C.CC(=O)N(C)C.CC(=O)N(C)C.COC(=O)OC.COC(C)=O.COC(C)=O. The van der Waals surface area contributed by atoms with Crippen molar-refractivity contribution in [2.75, 3.05) is 56.6 Å². The fourth-order valence-electron chi connectivity index (χ4n) is 0.0833. The molecule has 0 aromatic carbocycles. The van der Waals surface area contributed by atoms with Crippen molar-refractivity contribution in [2.24, 2.45) is 0 Å². The quantitative estimate of drug-likeness (QED) is 0.362. The Labute approximate surface area is 204 Å². The van der Waals surface area contributed by atoms with Crippen LogP contribution >= 0.6 is 0 Å². The normalized spacial score (nSPS) is 6.18. The summed E-state index contributed by atoms with van der Waals surface area (Å²) in [6.07, 6.45) is -0.657. The van der Waals surface area contributed by atoms with E-state index in [0.717, 1.165) is 0 Å². The molecular weight excluding hydrogens is 436 g/mol. The monoisotopic (exact) mass is 492 g/mol. The third-order valence-electron chi connectivity index (χ3n) is 2.17. The largest absolute Gasteiger partial charge is 0.507 e. The van der Waals surface area contributed by atoms with E-state index in [1.54, 1.807) is 28.2 Å². The zero-order valence-corrected chi connectivity index (χ0v) is 19.1. The Morgan fingerprint density at radius 3 is 0.576 bits per heavy atom. The molecule has 0 heterocycles. The molecule has 0 saturated heterocycles. The second-order valence-corrected chi connectivity index (χ2v) is 4.88. The van der Waals surface area contributed by atoms with Gasteiger partial charge in [0.05, 0.1) is 28.4 Å². The third kappa shape index (κ3) is 124. The molecule has 0 aliphatic rings. The Morgan fingerprint density at radius 2 is 0.576 bits per heavy atom. The number of ether oxygens (including phenoxy) is 4. The number of nitrogens with zero attached hydrogens (tertiary/aromatic N) is 2. The molecule has 0 radical (unpaired) electrons. The molecular formula is C22H56N2O9. The van der Waals surface area contributed by atoms with Gasteiger partial charge in [-0.1, -0.05) is 37.1 Å². The Hall–Kier alpha value is -2.85. The number of carbonyl (C=O) groups excluding carboxylic acids is 5. The van der Waals surface area contributed by atoms with Gasteiger partial charge in [0.1, 0.15) is 0 Å². The van der Waals surface area contributed by atoms with E-state index in [9.17, 15) is 24.0 Å². The molecule has 0 atom stereocenters. The topological polar surface area (TPSA) is 129 Å². The van der Waals surface area contributed by atoms with Gasteiger partial charge in [-0.05, 0) is 0 Å². The van der Waals surface area contributed by atoms with Crippen LogP contribution in [-0.2, 0) is 38.1 Å². The zero-order chi connectivity index (χ0) is 23.9. The first-order chi connectivity index (χ1) is 12.6. The number of methoxy groups -OCH3 is 4. The van der Waals surface area contributed by atoms with Gasteiger partial charge in [-0.2, -0.15) is 0 Å². The van der Waals surface area contributed by atoms with Crippen LogP contribution in [0, 0.1) is 0 Å². The van der Waals surface area contributed by atoms with Gasteiger partial charge in [-0.15, -0.1) is 0 Å². The molecule has 0 N–H and O–H groups in total. The van der Waals surface area contributed by atoms with Gasteiger partial charge in [-0.25, -0.2) is 4.79 Å². The standard InChI is InChI=1S/2C4H9NO.C3H6O3.2C3H6O2.5CH4/c2*1-4(6)5(2)3;1-5-3(4)6-2;2*1-3(4)5-2;;;;;/h2*1-3H3;1-2H3;2*1-2H3;5*1H4. The summed E-state index contributed by atoms with van der Waals surface area (Å²) in [5.41, 5.74) is 0. The van der Waals surface area contributed by atoms with Crippen LogP contribution in [0.15, 0.2) is 0 Å². The number of hydrogen-bond acceptors (Lipinski definition) is 9. The Balaban J connectivity index is -0.0000000242. The molecule has 0 saturated carbocycles. The van der Waals surface area contributed by atoms with Gasteiger partial charge in [0.15, 0.2) is 0 Å². The van der Waals surface area contributed by atoms with E-state index in [0.29, 0.717) is 0 Å². The van der Waals surface area contributed by atoms with Crippen molar-refractivity contribution in [3.63, 3.8) is 0 Å². The minimum atomic E-state index is -0.657. The van der Waals surface area contributed by atoms with E-state index < -0.39 is 6.16 Å². The molecule has 0 aliphatic heterocycles.